The van der Waals surface area contributed by atoms with E-state index in [0.717, 1.165) is 38.5 Å². The summed E-state index contributed by atoms with van der Waals surface area (Å²) >= 11 is 0. The van der Waals surface area contributed by atoms with Gasteiger partial charge in [-0.1, -0.05) is 25.7 Å². The number of ether oxygens (including phenoxy) is 1. The van der Waals surface area contributed by atoms with Crippen LogP contribution in [0.15, 0.2) is 0 Å². The van der Waals surface area contributed by atoms with Crippen LogP contribution >= 0.6 is 10.7 Å². The van der Waals surface area contributed by atoms with Gasteiger partial charge in [0.2, 0.25) is 9.05 Å². The Morgan fingerprint density at radius 1 is 1.20 bits per heavy atom. The van der Waals surface area contributed by atoms with Crippen molar-refractivity contribution in [2.75, 3.05) is 12.4 Å². The molecule has 0 N–H and O–H groups in total. The second-order valence-electron chi connectivity index (χ2n) is 4.21. The van der Waals surface area contributed by atoms with Gasteiger partial charge in [0.25, 0.3) is 0 Å². The summed E-state index contributed by atoms with van der Waals surface area (Å²) in [4.78, 5) is 0. The standard InChI is InChI=1S/C10H19ClO3S/c1-2-14-10(9-15(11,12)13)7-5-3-4-6-8-10/h2-9H2,1H3. The van der Waals surface area contributed by atoms with Crippen LogP contribution in [-0.4, -0.2) is 26.4 Å². The highest BCUT2D eigenvalue weighted by molar-refractivity contribution is 8.13. The first-order valence-electron chi connectivity index (χ1n) is 5.54. The van der Waals surface area contributed by atoms with Crippen molar-refractivity contribution >= 4 is 19.7 Å². The van der Waals surface area contributed by atoms with E-state index in [1.807, 2.05) is 6.92 Å². The third kappa shape index (κ3) is 4.70. The number of hydrogen-bond acceptors (Lipinski definition) is 3. The van der Waals surface area contributed by atoms with Gasteiger partial charge in [0.05, 0.1) is 11.4 Å². The van der Waals surface area contributed by atoms with Crippen LogP contribution in [-0.2, 0) is 13.8 Å². The molecule has 15 heavy (non-hydrogen) atoms. The van der Waals surface area contributed by atoms with Crippen LogP contribution in [0.3, 0.4) is 0 Å². The maximum atomic E-state index is 11.2. The molecular weight excluding hydrogens is 236 g/mol. The zero-order chi connectivity index (χ0) is 11.4. The number of halogens is 1. The van der Waals surface area contributed by atoms with E-state index in [2.05, 4.69) is 0 Å². The molecule has 5 heteroatoms. The Balaban J connectivity index is 2.75. The van der Waals surface area contributed by atoms with Gasteiger partial charge in [-0.2, -0.15) is 0 Å². The molecule has 0 spiro atoms. The SMILES string of the molecule is CCOC1(CS(=O)(=O)Cl)CCCCCC1. The quantitative estimate of drug-likeness (QED) is 0.572. The molecule has 1 aliphatic carbocycles. The molecule has 1 fully saturated rings. The molecule has 0 aromatic rings. The summed E-state index contributed by atoms with van der Waals surface area (Å²) < 4.78 is 28.0. The first-order valence-corrected chi connectivity index (χ1v) is 8.02. The van der Waals surface area contributed by atoms with Crippen LogP contribution < -0.4 is 0 Å². The second-order valence-corrected chi connectivity index (χ2v) is 6.99. The Morgan fingerprint density at radius 2 is 1.73 bits per heavy atom. The zero-order valence-corrected chi connectivity index (χ0v) is 10.7. The summed E-state index contributed by atoms with van der Waals surface area (Å²) in [7, 11) is 1.86. The Morgan fingerprint density at radius 3 is 2.13 bits per heavy atom. The van der Waals surface area contributed by atoms with E-state index in [1.54, 1.807) is 0 Å². The Bertz CT molecular complexity index is 279. The lowest BCUT2D eigenvalue weighted by Crippen LogP contribution is -2.38. The normalized spacial score (nSPS) is 22.3. The van der Waals surface area contributed by atoms with Crippen LogP contribution in [0.2, 0.25) is 0 Å². The van der Waals surface area contributed by atoms with Crippen LogP contribution in [0.1, 0.15) is 45.4 Å². The van der Waals surface area contributed by atoms with Gasteiger partial charge in [-0.25, -0.2) is 8.42 Å². The first kappa shape index (κ1) is 13.3. The Hall–Kier alpha value is 0.200. The molecule has 0 radical (unpaired) electrons. The maximum Gasteiger partial charge on any atom is 0.235 e. The van der Waals surface area contributed by atoms with Gasteiger partial charge in [-0.15, -0.1) is 0 Å². The topological polar surface area (TPSA) is 43.4 Å². The van der Waals surface area contributed by atoms with E-state index in [-0.39, 0.29) is 5.75 Å². The molecular formula is C10H19ClO3S. The van der Waals surface area contributed by atoms with E-state index < -0.39 is 14.7 Å². The molecule has 0 aromatic carbocycles. The van der Waals surface area contributed by atoms with E-state index in [0.29, 0.717) is 6.61 Å². The van der Waals surface area contributed by atoms with Gasteiger partial charge in [0.1, 0.15) is 0 Å². The molecule has 1 rings (SSSR count). The highest BCUT2D eigenvalue weighted by Gasteiger charge is 2.35. The molecule has 0 bridgehead atoms. The minimum absolute atomic E-state index is 0.0462. The summed E-state index contributed by atoms with van der Waals surface area (Å²) in [6, 6.07) is 0. The van der Waals surface area contributed by atoms with E-state index in [4.69, 9.17) is 15.4 Å². The van der Waals surface area contributed by atoms with Crippen LogP contribution in [0, 0.1) is 0 Å². The largest absolute Gasteiger partial charge is 0.374 e. The molecule has 90 valence electrons. The van der Waals surface area contributed by atoms with Gasteiger partial charge in [-0.05, 0) is 19.8 Å². The van der Waals surface area contributed by atoms with Gasteiger partial charge >= 0.3 is 0 Å². The molecule has 0 heterocycles. The molecule has 0 atom stereocenters. The lowest BCUT2D eigenvalue weighted by molar-refractivity contribution is -0.0324. The predicted octanol–water partition coefficient (Wildman–Crippen LogP) is 2.68. The molecule has 0 saturated heterocycles. The summed E-state index contributed by atoms with van der Waals surface area (Å²) in [5.74, 6) is -0.0462. The van der Waals surface area contributed by atoms with Crippen molar-refractivity contribution in [3.05, 3.63) is 0 Å². The third-order valence-electron chi connectivity index (χ3n) is 2.90. The average molecular weight is 255 g/mol. The van der Waals surface area contributed by atoms with Crippen molar-refractivity contribution in [3.63, 3.8) is 0 Å². The smallest absolute Gasteiger partial charge is 0.235 e. The second kappa shape index (κ2) is 5.51. The molecule has 0 unspecified atom stereocenters. The molecule has 1 saturated carbocycles. The average Bonchev–Trinajstić information content (AvgIpc) is 2.28. The van der Waals surface area contributed by atoms with E-state index in [1.165, 1.54) is 0 Å². The molecule has 0 aliphatic heterocycles. The van der Waals surface area contributed by atoms with Crippen molar-refractivity contribution < 1.29 is 13.2 Å². The fourth-order valence-corrected chi connectivity index (χ4v) is 3.92. The fourth-order valence-electron chi connectivity index (χ4n) is 2.32. The predicted molar refractivity (Wildman–Crippen MR) is 61.7 cm³/mol. The summed E-state index contributed by atoms with van der Waals surface area (Å²) in [6.07, 6.45) is 6.02. The molecule has 0 aromatic heterocycles. The first-order chi connectivity index (χ1) is 6.97. The Kier molecular flexibility index (Phi) is 4.87. The fraction of sp³-hybridized carbons (Fsp3) is 1.00. The van der Waals surface area contributed by atoms with E-state index >= 15 is 0 Å². The van der Waals surface area contributed by atoms with Crippen molar-refractivity contribution in [1.29, 1.82) is 0 Å². The van der Waals surface area contributed by atoms with Gasteiger partial charge in [0, 0.05) is 17.3 Å². The van der Waals surface area contributed by atoms with Crippen LogP contribution in [0.5, 0.6) is 0 Å². The van der Waals surface area contributed by atoms with Crippen molar-refractivity contribution in [3.8, 4) is 0 Å². The summed E-state index contributed by atoms with van der Waals surface area (Å²) in [5.41, 5.74) is -0.522. The molecule has 1 aliphatic rings. The minimum atomic E-state index is -3.47. The lowest BCUT2D eigenvalue weighted by Gasteiger charge is -2.31. The molecule has 3 nitrogen and oxygen atoms in total. The Labute approximate surface area is 96.6 Å². The van der Waals surface area contributed by atoms with Crippen molar-refractivity contribution in [1.82, 2.24) is 0 Å². The van der Waals surface area contributed by atoms with Crippen LogP contribution in [0.25, 0.3) is 0 Å². The zero-order valence-electron chi connectivity index (χ0n) is 9.17. The van der Waals surface area contributed by atoms with Crippen molar-refractivity contribution in [2.24, 2.45) is 0 Å². The molecule has 0 amide bonds. The van der Waals surface area contributed by atoms with Gasteiger partial charge in [-0.3, -0.25) is 0 Å². The van der Waals surface area contributed by atoms with Crippen LogP contribution in [0.4, 0.5) is 0 Å². The monoisotopic (exact) mass is 254 g/mol. The highest BCUT2D eigenvalue weighted by atomic mass is 35.7. The third-order valence-corrected chi connectivity index (χ3v) is 4.10. The van der Waals surface area contributed by atoms with Gasteiger partial charge < -0.3 is 4.74 Å². The lowest BCUT2D eigenvalue weighted by atomic mass is 9.96. The maximum absolute atomic E-state index is 11.2. The summed E-state index contributed by atoms with van der Waals surface area (Å²) in [5, 5.41) is 0. The highest BCUT2D eigenvalue weighted by Crippen LogP contribution is 2.32. The van der Waals surface area contributed by atoms with E-state index in [9.17, 15) is 8.42 Å². The number of hydrogen-bond donors (Lipinski definition) is 0. The van der Waals surface area contributed by atoms with Gasteiger partial charge in [0.15, 0.2) is 0 Å². The summed E-state index contributed by atoms with van der Waals surface area (Å²) in [6.45, 7) is 2.44. The minimum Gasteiger partial charge on any atom is -0.374 e. The van der Waals surface area contributed by atoms with Crippen molar-refractivity contribution in [2.45, 2.75) is 51.0 Å². The number of rotatable bonds is 4.